The average molecular weight is 269 g/mol. The van der Waals surface area contributed by atoms with Gasteiger partial charge < -0.3 is 5.32 Å². The van der Waals surface area contributed by atoms with Gasteiger partial charge in [0.2, 0.25) is 0 Å². The van der Waals surface area contributed by atoms with Crippen molar-refractivity contribution in [2.45, 2.75) is 6.54 Å². The number of hydrogen-bond acceptors (Lipinski definition) is 2. The zero-order valence-corrected chi connectivity index (χ0v) is 9.95. The van der Waals surface area contributed by atoms with Gasteiger partial charge in [0.05, 0.1) is 12.2 Å². The van der Waals surface area contributed by atoms with E-state index in [1.807, 2.05) is 0 Å². The number of amides is 1. The first kappa shape index (κ1) is 13.1. The lowest BCUT2D eigenvalue weighted by atomic mass is 10.2. The predicted octanol–water partition coefficient (Wildman–Crippen LogP) is 1.77. The molecule has 1 amide bonds. The monoisotopic (exact) mass is 269 g/mol. The van der Waals surface area contributed by atoms with Crippen molar-refractivity contribution >= 4 is 5.91 Å². The summed E-state index contributed by atoms with van der Waals surface area (Å²) >= 11 is 0. The minimum atomic E-state index is -1.59. The highest BCUT2D eigenvalue weighted by atomic mass is 19.2. The molecule has 2 rings (SSSR count). The summed E-state index contributed by atoms with van der Waals surface area (Å²) in [5.41, 5.74) is 0.440. The fourth-order valence-electron chi connectivity index (χ4n) is 1.53. The number of nitrogens with zero attached hydrogens (tertiary/aromatic N) is 2. The number of rotatable bonds is 3. The molecular formula is C12H10F3N3O. The third-order valence-corrected chi connectivity index (χ3v) is 2.60. The quantitative estimate of drug-likeness (QED) is 0.863. The summed E-state index contributed by atoms with van der Waals surface area (Å²) in [5, 5.41) is 6.36. The highest BCUT2D eigenvalue weighted by Gasteiger charge is 2.15. The van der Waals surface area contributed by atoms with Gasteiger partial charge in [0.25, 0.3) is 5.91 Å². The molecule has 1 aromatic carbocycles. The first-order chi connectivity index (χ1) is 8.99. The van der Waals surface area contributed by atoms with Crippen molar-refractivity contribution in [2.24, 2.45) is 7.05 Å². The highest BCUT2D eigenvalue weighted by Crippen LogP contribution is 2.13. The Kier molecular flexibility index (Phi) is 3.55. The maximum absolute atomic E-state index is 13.0. The molecule has 1 N–H and O–H groups in total. The second kappa shape index (κ2) is 5.13. The summed E-state index contributed by atoms with van der Waals surface area (Å²) < 4.78 is 40.2. The average Bonchev–Trinajstić information content (AvgIpc) is 2.78. The first-order valence-corrected chi connectivity index (χ1v) is 5.38. The molecule has 100 valence electrons. The van der Waals surface area contributed by atoms with Crippen LogP contribution >= 0.6 is 0 Å². The molecule has 0 saturated heterocycles. The van der Waals surface area contributed by atoms with Crippen molar-refractivity contribution in [3.63, 3.8) is 0 Å². The Labute approximate surface area is 106 Å². The molecular weight excluding hydrogens is 259 g/mol. The first-order valence-electron chi connectivity index (χ1n) is 5.38. The fraction of sp³-hybridized carbons (Fsp3) is 0.167. The lowest BCUT2D eigenvalue weighted by Crippen LogP contribution is -2.24. The van der Waals surface area contributed by atoms with Gasteiger partial charge in [0, 0.05) is 18.8 Å². The van der Waals surface area contributed by atoms with Crippen molar-refractivity contribution in [1.82, 2.24) is 15.1 Å². The molecule has 1 aromatic heterocycles. The van der Waals surface area contributed by atoms with Crippen LogP contribution in [0.5, 0.6) is 0 Å². The van der Waals surface area contributed by atoms with Gasteiger partial charge >= 0.3 is 0 Å². The van der Waals surface area contributed by atoms with Gasteiger partial charge in [-0.1, -0.05) is 0 Å². The van der Waals surface area contributed by atoms with E-state index < -0.39 is 23.4 Å². The Hall–Kier alpha value is -2.31. The van der Waals surface area contributed by atoms with Crippen LogP contribution in [0.4, 0.5) is 13.2 Å². The SMILES string of the molecule is Cn1nccc1CNC(=O)c1cc(F)c(F)c(F)c1. The van der Waals surface area contributed by atoms with E-state index in [4.69, 9.17) is 0 Å². The summed E-state index contributed by atoms with van der Waals surface area (Å²) in [5.74, 6) is -5.08. The van der Waals surface area contributed by atoms with Crippen molar-refractivity contribution in [1.29, 1.82) is 0 Å². The van der Waals surface area contributed by atoms with Gasteiger partial charge in [-0.15, -0.1) is 0 Å². The lowest BCUT2D eigenvalue weighted by Gasteiger charge is -2.06. The van der Waals surface area contributed by atoms with Crippen LogP contribution in [0.3, 0.4) is 0 Å². The number of carbonyl (C=O) groups is 1. The third kappa shape index (κ3) is 2.75. The summed E-state index contributed by atoms with van der Waals surface area (Å²) in [4.78, 5) is 11.7. The van der Waals surface area contributed by atoms with Crippen molar-refractivity contribution < 1.29 is 18.0 Å². The Morgan fingerprint density at radius 3 is 2.47 bits per heavy atom. The van der Waals surface area contributed by atoms with E-state index >= 15 is 0 Å². The molecule has 0 aliphatic carbocycles. The zero-order chi connectivity index (χ0) is 14.0. The van der Waals surface area contributed by atoms with Crippen LogP contribution < -0.4 is 5.32 Å². The highest BCUT2D eigenvalue weighted by molar-refractivity contribution is 5.94. The van der Waals surface area contributed by atoms with E-state index in [0.29, 0.717) is 12.1 Å². The number of nitrogens with one attached hydrogen (secondary N) is 1. The smallest absolute Gasteiger partial charge is 0.251 e. The molecule has 7 heteroatoms. The van der Waals surface area contributed by atoms with E-state index in [9.17, 15) is 18.0 Å². The maximum atomic E-state index is 13.0. The van der Waals surface area contributed by atoms with Crippen molar-refractivity contribution in [3.8, 4) is 0 Å². The second-order valence-electron chi connectivity index (χ2n) is 3.88. The van der Waals surface area contributed by atoms with E-state index in [-0.39, 0.29) is 12.1 Å². The van der Waals surface area contributed by atoms with E-state index in [1.165, 1.54) is 0 Å². The van der Waals surface area contributed by atoms with Gasteiger partial charge in [0.1, 0.15) is 0 Å². The van der Waals surface area contributed by atoms with Gasteiger partial charge in [-0.3, -0.25) is 9.48 Å². The molecule has 0 radical (unpaired) electrons. The Bertz CT molecular complexity index is 601. The van der Waals surface area contributed by atoms with Crippen molar-refractivity contribution in [3.05, 3.63) is 53.1 Å². The van der Waals surface area contributed by atoms with Crippen LogP contribution in [0.2, 0.25) is 0 Å². The number of benzene rings is 1. The minimum Gasteiger partial charge on any atom is -0.346 e. The largest absolute Gasteiger partial charge is 0.346 e. The number of carbonyl (C=O) groups excluding carboxylic acids is 1. The summed E-state index contributed by atoms with van der Waals surface area (Å²) in [7, 11) is 1.69. The van der Waals surface area contributed by atoms with Gasteiger partial charge in [0.15, 0.2) is 17.5 Å². The number of halogens is 3. The molecule has 1 heterocycles. The zero-order valence-electron chi connectivity index (χ0n) is 9.95. The summed E-state index contributed by atoms with van der Waals surface area (Å²) in [6, 6.07) is 2.99. The van der Waals surface area contributed by atoms with Crippen LogP contribution in [0, 0.1) is 17.5 Å². The molecule has 0 aliphatic rings. The van der Waals surface area contributed by atoms with Crippen LogP contribution in [-0.4, -0.2) is 15.7 Å². The van der Waals surface area contributed by atoms with Gasteiger partial charge in [-0.05, 0) is 18.2 Å². The predicted molar refractivity (Wildman–Crippen MR) is 60.7 cm³/mol. The molecule has 4 nitrogen and oxygen atoms in total. The third-order valence-electron chi connectivity index (χ3n) is 2.60. The molecule has 0 atom stereocenters. The number of aryl methyl sites for hydroxylation is 1. The van der Waals surface area contributed by atoms with Crippen LogP contribution in [0.1, 0.15) is 16.1 Å². The normalized spacial score (nSPS) is 10.5. The topological polar surface area (TPSA) is 46.9 Å². The van der Waals surface area contributed by atoms with Crippen molar-refractivity contribution in [2.75, 3.05) is 0 Å². The van der Waals surface area contributed by atoms with Gasteiger partial charge in [-0.2, -0.15) is 5.10 Å². The molecule has 19 heavy (non-hydrogen) atoms. The van der Waals surface area contributed by atoms with Crippen LogP contribution in [0.25, 0.3) is 0 Å². The van der Waals surface area contributed by atoms with E-state index in [1.54, 1.807) is 24.0 Å². The van der Waals surface area contributed by atoms with Crippen LogP contribution in [0.15, 0.2) is 24.4 Å². The lowest BCUT2D eigenvalue weighted by molar-refractivity contribution is 0.0949. The summed E-state index contributed by atoms with van der Waals surface area (Å²) in [6.07, 6.45) is 1.55. The molecule has 2 aromatic rings. The molecule has 0 bridgehead atoms. The maximum Gasteiger partial charge on any atom is 0.251 e. The number of aromatic nitrogens is 2. The fourth-order valence-corrected chi connectivity index (χ4v) is 1.53. The molecule has 0 unspecified atom stereocenters. The molecule has 0 fully saturated rings. The Morgan fingerprint density at radius 1 is 1.32 bits per heavy atom. The Morgan fingerprint density at radius 2 is 1.95 bits per heavy atom. The second-order valence-corrected chi connectivity index (χ2v) is 3.88. The standard InChI is InChI=1S/C12H10F3N3O/c1-18-8(2-3-17-18)6-16-12(19)7-4-9(13)11(15)10(14)5-7/h2-5H,6H2,1H3,(H,16,19). The number of hydrogen-bond donors (Lipinski definition) is 1. The van der Waals surface area contributed by atoms with Crippen LogP contribution in [-0.2, 0) is 13.6 Å². The molecule has 0 saturated carbocycles. The van der Waals surface area contributed by atoms with E-state index in [2.05, 4.69) is 10.4 Å². The van der Waals surface area contributed by atoms with Gasteiger partial charge in [-0.25, -0.2) is 13.2 Å². The van der Waals surface area contributed by atoms with E-state index in [0.717, 1.165) is 5.69 Å². The minimum absolute atomic E-state index is 0.149. The molecule has 0 aliphatic heterocycles. The Balaban J connectivity index is 2.10. The summed E-state index contributed by atoms with van der Waals surface area (Å²) in [6.45, 7) is 0.149. The molecule has 0 spiro atoms.